The summed E-state index contributed by atoms with van der Waals surface area (Å²) in [6.45, 7) is 6.48. The molecule has 0 bridgehead atoms. The summed E-state index contributed by atoms with van der Waals surface area (Å²) in [7, 11) is -1.18. The van der Waals surface area contributed by atoms with E-state index in [0.717, 1.165) is 0 Å². The van der Waals surface area contributed by atoms with E-state index in [0.29, 0.717) is 19.5 Å². The Bertz CT molecular complexity index is 411. The van der Waals surface area contributed by atoms with Gasteiger partial charge in [0.25, 0.3) is 0 Å². The Morgan fingerprint density at radius 2 is 2.21 bits per heavy atom. The molecule has 7 heteroatoms. The van der Waals surface area contributed by atoms with Crippen molar-refractivity contribution in [3.63, 3.8) is 0 Å². The highest BCUT2D eigenvalue weighted by Crippen LogP contribution is 2.19. The van der Waals surface area contributed by atoms with Crippen molar-refractivity contribution in [1.82, 2.24) is 10.2 Å². The Morgan fingerprint density at radius 1 is 1.58 bits per heavy atom. The van der Waals surface area contributed by atoms with Crippen LogP contribution in [0, 0.1) is 5.92 Å². The summed E-state index contributed by atoms with van der Waals surface area (Å²) in [4.78, 5) is 13.9. The van der Waals surface area contributed by atoms with E-state index in [2.05, 4.69) is 11.9 Å². The van der Waals surface area contributed by atoms with Crippen molar-refractivity contribution in [3.05, 3.63) is 12.7 Å². The van der Waals surface area contributed by atoms with Crippen LogP contribution >= 0.6 is 12.4 Å². The minimum absolute atomic E-state index is 0. The Kier molecular flexibility index (Phi) is 7.62. The van der Waals surface area contributed by atoms with Gasteiger partial charge in [-0.3, -0.25) is 4.79 Å². The average Bonchev–Trinajstić information content (AvgIpc) is 2.66. The van der Waals surface area contributed by atoms with Crippen molar-refractivity contribution >= 4 is 28.2 Å². The fraction of sp³-hybridized carbons (Fsp3) is 0.750. The van der Waals surface area contributed by atoms with Crippen LogP contribution in [0.15, 0.2) is 12.7 Å². The maximum atomic E-state index is 12.3. The van der Waals surface area contributed by atoms with Crippen LogP contribution in [0.25, 0.3) is 0 Å². The van der Waals surface area contributed by atoms with Crippen LogP contribution in [0.2, 0.25) is 0 Å². The molecule has 0 aliphatic carbocycles. The van der Waals surface area contributed by atoms with Crippen LogP contribution in [0.5, 0.6) is 0 Å². The Labute approximate surface area is 121 Å². The number of rotatable bonds is 6. The third-order valence-electron chi connectivity index (χ3n) is 3.19. The van der Waals surface area contributed by atoms with Crippen LogP contribution < -0.4 is 5.32 Å². The molecule has 1 aliphatic heterocycles. The van der Waals surface area contributed by atoms with Gasteiger partial charge in [-0.2, -0.15) is 0 Å². The van der Waals surface area contributed by atoms with Crippen molar-refractivity contribution in [1.29, 1.82) is 0 Å². The van der Waals surface area contributed by atoms with E-state index < -0.39 is 9.84 Å². The summed E-state index contributed by atoms with van der Waals surface area (Å²) < 4.78 is 23.0. The second-order valence-electron chi connectivity index (χ2n) is 4.79. The standard InChI is InChI=1S/C12H22N2O3S.ClH/c1-4-6-14(12(15)10(2)8-13-3)11-5-7-18(16,17)9-11;/h4,10-11,13H,1,5-9H2,2-3H3;1H. The van der Waals surface area contributed by atoms with Gasteiger partial charge in [-0.1, -0.05) is 13.0 Å². The lowest BCUT2D eigenvalue weighted by molar-refractivity contribution is -0.136. The van der Waals surface area contributed by atoms with Crippen molar-refractivity contribution in [2.75, 3.05) is 31.6 Å². The van der Waals surface area contributed by atoms with Gasteiger partial charge in [0.15, 0.2) is 9.84 Å². The molecule has 1 fully saturated rings. The molecule has 1 amide bonds. The van der Waals surface area contributed by atoms with E-state index in [1.165, 1.54) is 0 Å². The fourth-order valence-corrected chi connectivity index (χ4v) is 3.99. The van der Waals surface area contributed by atoms with Crippen molar-refractivity contribution < 1.29 is 13.2 Å². The fourth-order valence-electron chi connectivity index (χ4n) is 2.26. The number of nitrogens with one attached hydrogen (secondary N) is 1. The number of carbonyl (C=O) groups is 1. The van der Waals surface area contributed by atoms with Crippen molar-refractivity contribution in [2.24, 2.45) is 5.92 Å². The molecule has 0 saturated carbocycles. The zero-order valence-corrected chi connectivity index (χ0v) is 13.1. The SMILES string of the molecule is C=CCN(C(=O)C(C)CNC)C1CCS(=O)(=O)C1.Cl. The lowest BCUT2D eigenvalue weighted by atomic mass is 10.1. The van der Waals surface area contributed by atoms with E-state index in [9.17, 15) is 13.2 Å². The van der Waals surface area contributed by atoms with Crippen LogP contribution in [0.4, 0.5) is 0 Å². The molecule has 0 aromatic heterocycles. The largest absolute Gasteiger partial charge is 0.335 e. The van der Waals surface area contributed by atoms with Gasteiger partial charge in [0, 0.05) is 25.0 Å². The van der Waals surface area contributed by atoms with Gasteiger partial charge in [-0.05, 0) is 13.5 Å². The zero-order valence-electron chi connectivity index (χ0n) is 11.5. The average molecular weight is 311 g/mol. The quantitative estimate of drug-likeness (QED) is 0.724. The number of halogens is 1. The Balaban J connectivity index is 0.00000324. The van der Waals surface area contributed by atoms with E-state index in [1.807, 2.05) is 6.92 Å². The summed E-state index contributed by atoms with van der Waals surface area (Å²) in [5, 5.41) is 2.96. The summed E-state index contributed by atoms with van der Waals surface area (Å²) in [5.74, 6) is 0.0994. The molecule has 2 atom stereocenters. The number of amides is 1. The predicted octanol–water partition coefficient (Wildman–Crippen LogP) is 0.465. The van der Waals surface area contributed by atoms with E-state index in [1.54, 1.807) is 18.0 Å². The smallest absolute Gasteiger partial charge is 0.227 e. The molecule has 1 aliphatic rings. The molecule has 0 spiro atoms. The van der Waals surface area contributed by atoms with E-state index >= 15 is 0 Å². The highest BCUT2D eigenvalue weighted by molar-refractivity contribution is 7.91. The third-order valence-corrected chi connectivity index (χ3v) is 4.94. The molecule has 5 nitrogen and oxygen atoms in total. The highest BCUT2D eigenvalue weighted by atomic mass is 35.5. The van der Waals surface area contributed by atoms with Gasteiger partial charge in [0.1, 0.15) is 0 Å². The lowest BCUT2D eigenvalue weighted by Gasteiger charge is -2.29. The first-order valence-corrected chi connectivity index (χ1v) is 8.00. The van der Waals surface area contributed by atoms with Gasteiger partial charge >= 0.3 is 0 Å². The molecular formula is C12H23ClN2O3S. The van der Waals surface area contributed by atoms with Crippen molar-refractivity contribution in [2.45, 2.75) is 19.4 Å². The van der Waals surface area contributed by atoms with Gasteiger partial charge in [0.05, 0.1) is 11.5 Å². The molecule has 19 heavy (non-hydrogen) atoms. The summed E-state index contributed by atoms with van der Waals surface area (Å²) in [6, 6.07) is -0.195. The van der Waals surface area contributed by atoms with E-state index in [4.69, 9.17) is 0 Å². The highest BCUT2D eigenvalue weighted by Gasteiger charge is 2.35. The molecule has 1 N–H and O–H groups in total. The summed E-state index contributed by atoms with van der Waals surface area (Å²) >= 11 is 0. The first-order valence-electron chi connectivity index (χ1n) is 6.17. The lowest BCUT2D eigenvalue weighted by Crippen LogP contribution is -2.45. The molecular weight excluding hydrogens is 288 g/mol. The van der Waals surface area contributed by atoms with Crippen LogP contribution in [0.3, 0.4) is 0 Å². The number of carbonyl (C=O) groups excluding carboxylic acids is 1. The first kappa shape index (κ1) is 18.4. The van der Waals surface area contributed by atoms with Crippen LogP contribution in [0.1, 0.15) is 13.3 Å². The maximum Gasteiger partial charge on any atom is 0.227 e. The van der Waals surface area contributed by atoms with E-state index in [-0.39, 0.29) is 41.8 Å². The molecule has 112 valence electrons. The minimum atomic E-state index is -2.97. The van der Waals surface area contributed by atoms with Gasteiger partial charge in [0.2, 0.25) is 5.91 Å². The topological polar surface area (TPSA) is 66.5 Å². The van der Waals surface area contributed by atoms with Crippen LogP contribution in [-0.2, 0) is 14.6 Å². The molecule has 2 unspecified atom stereocenters. The van der Waals surface area contributed by atoms with Crippen LogP contribution in [-0.4, -0.2) is 56.9 Å². The van der Waals surface area contributed by atoms with Gasteiger partial charge < -0.3 is 10.2 Å². The molecule has 1 heterocycles. The van der Waals surface area contributed by atoms with Gasteiger partial charge in [-0.15, -0.1) is 19.0 Å². The second kappa shape index (κ2) is 7.87. The van der Waals surface area contributed by atoms with Gasteiger partial charge in [-0.25, -0.2) is 8.42 Å². The number of sulfone groups is 1. The Hall–Kier alpha value is -0.590. The normalized spacial score (nSPS) is 22.3. The maximum absolute atomic E-state index is 12.3. The molecule has 1 saturated heterocycles. The molecule has 0 aromatic carbocycles. The first-order chi connectivity index (χ1) is 8.41. The minimum Gasteiger partial charge on any atom is -0.335 e. The number of hydrogen-bond donors (Lipinski definition) is 1. The summed E-state index contributed by atoms with van der Waals surface area (Å²) in [6.07, 6.45) is 2.18. The zero-order chi connectivity index (χ0) is 13.8. The second-order valence-corrected chi connectivity index (χ2v) is 7.02. The predicted molar refractivity (Wildman–Crippen MR) is 79.3 cm³/mol. The molecule has 0 radical (unpaired) electrons. The summed E-state index contributed by atoms with van der Waals surface area (Å²) in [5.41, 5.74) is 0. The number of hydrogen-bond acceptors (Lipinski definition) is 4. The third kappa shape index (κ3) is 5.12. The number of nitrogens with zero attached hydrogens (tertiary/aromatic N) is 1. The molecule has 0 aromatic rings. The monoisotopic (exact) mass is 310 g/mol. The molecule has 1 rings (SSSR count). The van der Waals surface area contributed by atoms with Crippen molar-refractivity contribution in [3.8, 4) is 0 Å². The Morgan fingerprint density at radius 3 is 2.63 bits per heavy atom.